The molecule has 2 aromatic rings. The molecule has 19 heavy (non-hydrogen) atoms. The highest BCUT2D eigenvalue weighted by Gasteiger charge is 2.09. The third-order valence-electron chi connectivity index (χ3n) is 2.80. The van der Waals surface area contributed by atoms with Gasteiger partial charge in [0.1, 0.15) is 0 Å². The molecule has 0 saturated carbocycles. The van der Waals surface area contributed by atoms with Crippen LogP contribution in [0, 0.1) is 17.0 Å². The Kier molecular flexibility index (Phi) is 4.16. The highest BCUT2D eigenvalue weighted by Crippen LogP contribution is 2.22. The van der Waals surface area contributed by atoms with Crippen LogP contribution in [0.5, 0.6) is 0 Å². The van der Waals surface area contributed by atoms with Crippen LogP contribution in [-0.2, 0) is 6.54 Å². The zero-order chi connectivity index (χ0) is 13.8. The summed E-state index contributed by atoms with van der Waals surface area (Å²) in [6, 6.07) is 13.1. The summed E-state index contributed by atoms with van der Waals surface area (Å²) in [6.45, 7) is 2.42. The summed E-state index contributed by atoms with van der Waals surface area (Å²) in [5.41, 5.74) is 2.84. The fourth-order valence-corrected chi connectivity index (χ4v) is 2.04. The average molecular weight is 321 g/mol. The van der Waals surface area contributed by atoms with Crippen molar-refractivity contribution in [2.45, 2.75) is 13.5 Å². The minimum atomic E-state index is -0.367. The maximum atomic E-state index is 10.7. The van der Waals surface area contributed by atoms with E-state index in [2.05, 4.69) is 21.2 Å². The number of nitrogens with zero attached hydrogens (tertiary/aromatic N) is 1. The Hall–Kier alpha value is -1.88. The van der Waals surface area contributed by atoms with E-state index in [1.165, 1.54) is 6.07 Å². The van der Waals surface area contributed by atoms with Crippen molar-refractivity contribution < 1.29 is 4.92 Å². The van der Waals surface area contributed by atoms with Gasteiger partial charge in [0.05, 0.1) is 4.92 Å². The van der Waals surface area contributed by atoms with E-state index in [1.54, 1.807) is 19.1 Å². The summed E-state index contributed by atoms with van der Waals surface area (Å²) < 4.78 is 1.04. The number of nitro groups is 1. The molecular weight excluding hydrogens is 308 g/mol. The van der Waals surface area contributed by atoms with Crippen molar-refractivity contribution in [3.8, 4) is 0 Å². The first-order chi connectivity index (χ1) is 9.06. The minimum Gasteiger partial charge on any atom is -0.381 e. The van der Waals surface area contributed by atoms with Crippen LogP contribution < -0.4 is 5.32 Å². The van der Waals surface area contributed by atoms with E-state index in [-0.39, 0.29) is 10.6 Å². The van der Waals surface area contributed by atoms with E-state index in [1.807, 2.05) is 24.3 Å². The number of aryl methyl sites for hydroxylation is 1. The Morgan fingerprint density at radius 1 is 1.21 bits per heavy atom. The van der Waals surface area contributed by atoms with Crippen LogP contribution in [0.2, 0.25) is 0 Å². The first kappa shape index (κ1) is 13.5. The molecule has 98 valence electrons. The predicted molar refractivity (Wildman–Crippen MR) is 79.3 cm³/mol. The molecule has 0 aliphatic heterocycles. The van der Waals surface area contributed by atoms with Gasteiger partial charge >= 0.3 is 0 Å². The monoisotopic (exact) mass is 320 g/mol. The molecule has 0 aliphatic rings. The van der Waals surface area contributed by atoms with Crippen molar-refractivity contribution in [2.24, 2.45) is 0 Å². The molecule has 2 rings (SSSR count). The number of nitro benzene ring substituents is 1. The standard InChI is InChI=1S/C14H13BrN2O2/c1-10-8-13(6-7-14(10)17(18)19)16-9-11-2-4-12(15)5-3-11/h2-8,16H,9H2,1H3. The molecule has 0 bridgehead atoms. The van der Waals surface area contributed by atoms with Gasteiger partial charge in [0, 0.05) is 28.3 Å². The minimum absolute atomic E-state index is 0.147. The largest absolute Gasteiger partial charge is 0.381 e. The number of rotatable bonds is 4. The summed E-state index contributed by atoms with van der Waals surface area (Å²) in [5, 5.41) is 14.0. The molecule has 0 saturated heterocycles. The Morgan fingerprint density at radius 3 is 2.47 bits per heavy atom. The SMILES string of the molecule is Cc1cc(NCc2ccc(Br)cc2)ccc1[N+](=O)[O-]. The molecule has 1 N–H and O–H groups in total. The van der Waals surface area contributed by atoms with Crippen molar-refractivity contribution >= 4 is 27.3 Å². The zero-order valence-corrected chi connectivity index (χ0v) is 12.0. The lowest BCUT2D eigenvalue weighted by Gasteiger charge is -2.07. The molecule has 5 heteroatoms. The first-order valence-corrected chi connectivity index (χ1v) is 6.59. The van der Waals surface area contributed by atoms with Gasteiger partial charge in [0.25, 0.3) is 5.69 Å². The van der Waals surface area contributed by atoms with Gasteiger partial charge in [-0.05, 0) is 36.8 Å². The number of anilines is 1. The second-order valence-corrected chi connectivity index (χ2v) is 5.15. The normalized spacial score (nSPS) is 10.2. The summed E-state index contributed by atoms with van der Waals surface area (Å²) in [4.78, 5) is 10.4. The Labute approximate surface area is 119 Å². The second-order valence-electron chi connectivity index (χ2n) is 4.24. The van der Waals surface area contributed by atoms with Crippen molar-refractivity contribution in [2.75, 3.05) is 5.32 Å². The smallest absolute Gasteiger partial charge is 0.272 e. The molecule has 0 aromatic heterocycles. The lowest BCUT2D eigenvalue weighted by atomic mass is 10.1. The average Bonchev–Trinajstić information content (AvgIpc) is 2.37. The van der Waals surface area contributed by atoms with E-state index in [0.29, 0.717) is 12.1 Å². The lowest BCUT2D eigenvalue weighted by Crippen LogP contribution is -2.00. The van der Waals surface area contributed by atoms with Gasteiger partial charge < -0.3 is 5.32 Å². The van der Waals surface area contributed by atoms with Gasteiger partial charge in [0.15, 0.2) is 0 Å². The highest BCUT2D eigenvalue weighted by molar-refractivity contribution is 9.10. The van der Waals surface area contributed by atoms with E-state index < -0.39 is 0 Å². The molecule has 0 heterocycles. The van der Waals surface area contributed by atoms with Gasteiger partial charge in [-0.2, -0.15) is 0 Å². The summed E-state index contributed by atoms with van der Waals surface area (Å²) in [6.07, 6.45) is 0. The third kappa shape index (κ3) is 3.54. The zero-order valence-electron chi connectivity index (χ0n) is 10.4. The van der Waals surface area contributed by atoms with Gasteiger partial charge in [-0.3, -0.25) is 10.1 Å². The van der Waals surface area contributed by atoms with Crippen LogP contribution in [0.1, 0.15) is 11.1 Å². The Balaban J connectivity index is 2.06. The summed E-state index contributed by atoms with van der Waals surface area (Å²) in [5.74, 6) is 0. The summed E-state index contributed by atoms with van der Waals surface area (Å²) in [7, 11) is 0. The van der Waals surface area contributed by atoms with Gasteiger partial charge in [-0.1, -0.05) is 28.1 Å². The third-order valence-corrected chi connectivity index (χ3v) is 3.33. The lowest BCUT2D eigenvalue weighted by molar-refractivity contribution is -0.385. The maximum absolute atomic E-state index is 10.7. The second kappa shape index (κ2) is 5.84. The predicted octanol–water partition coefficient (Wildman–Crippen LogP) is 4.28. The maximum Gasteiger partial charge on any atom is 0.272 e. The number of benzene rings is 2. The molecule has 4 nitrogen and oxygen atoms in total. The van der Waals surface area contributed by atoms with Crippen molar-refractivity contribution in [3.63, 3.8) is 0 Å². The van der Waals surface area contributed by atoms with E-state index >= 15 is 0 Å². The highest BCUT2D eigenvalue weighted by atomic mass is 79.9. The Bertz CT molecular complexity index is 597. The van der Waals surface area contributed by atoms with Gasteiger partial charge in [0.2, 0.25) is 0 Å². The molecule has 2 aromatic carbocycles. The van der Waals surface area contributed by atoms with Crippen molar-refractivity contribution in [1.29, 1.82) is 0 Å². The molecule has 0 atom stereocenters. The van der Waals surface area contributed by atoms with Crippen LogP contribution in [0.25, 0.3) is 0 Å². The molecule has 0 radical (unpaired) electrons. The molecular formula is C14H13BrN2O2. The molecule has 0 spiro atoms. The fourth-order valence-electron chi connectivity index (χ4n) is 1.78. The number of nitrogens with one attached hydrogen (secondary N) is 1. The summed E-state index contributed by atoms with van der Waals surface area (Å²) >= 11 is 3.39. The molecule has 0 unspecified atom stereocenters. The van der Waals surface area contributed by atoms with Crippen LogP contribution in [0.3, 0.4) is 0 Å². The fraction of sp³-hybridized carbons (Fsp3) is 0.143. The van der Waals surface area contributed by atoms with E-state index in [0.717, 1.165) is 15.7 Å². The van der Waals surface area contributed by atoms with Gasteiger partial charge in [-0.15, -0.1) is 0 Å². The molecule has 0 aliphatic carbocycles. The Morgan fingerprint density at radius 2 is 1.89 bits per heavy atom. The van der Waals surface area contributed by atoms with Crippen molar-refractivity contribution in [1.82, 2.24) is 0 Å². The van der Waals surface area contributed by atoms with Crippen LogP contribution >= 0.6 is 15.9 Å². The molecule has 0 amide bonds. The van der Waals surface area contributed by atoms with E-state index in [4.69, 9.17) is 0 Å². The van der Waals surface area contributed by atoms with Crippen molar-refractivity contribution in [3.05, 3.63) is 68.2 Å². The number of hydrogen-bond acceptors (Lipinski definition) is 3. The topological polar surface area (TPSA) is 55.2 Å². The number of hydrogen-bond donors (Lipinski definition) is 1. The van der Waals surface area contributed by atoms with Gasteiger partial charge in [-0.25, -0.2) is 0 Å². The number of halogens is 1. The van der Waals surface area contributed by atoms with Crippen LogP contribution in [0.15, 0.2) is 46.9 Å². The molecule has 0 fully saturated rings. The van der Waals surface area contributed by atoms with Crippen LogP contribution in [0.4, 0.5) is 11.4 Å². The van der Waals surface area contributed by atoms with E-state index in [9.17, 15) is 10.1 Å². The quantitative estimate of drug-likeness (QED) is 0.675. The van der Waals surface area contributed by atoms with Crippen LogP contribution in [-0.4, -0.2) is 4.92 Å². The first-order valence-electron chi connectivity index (χ1n) is 5.79.